The summed E-state index contributed by atoms with van der Waals surface area (Å²) < 4.78 is 25.9. The molecule has 1 aromatic carbocycles. The topological polar surface area (TPSA) is 86.7 Å². The summed E-state index contributed by atoms with van der Waals surface area (Å²) in [5.41, 5.74) is 0.375. The van der Waals surface area contributed by atoms with Crippen molar-refractivity contribution in [3.63, 3.8) is 0 Å². The molecule has 2 rings (SSSR count). The lowest BCUT2D eigenvalue weighted by Gasteiger charge is -2.30. The van der Waals surface area contributed by atoms with Crippen LogP contribution in [-0.2, 0) is 10.0 Å². The second kappa shape index (κ2) is 4.58. The van der Waals surface area contributed by atoms with Gasteiger partial charge in [-0.05, 0) is 24.6 Å². The molecule has 6 nitrogen and oxygen atoms in total. The molecule has 0 unspecified atom stereocenters. The fourth-order valence-electron chi connectivity index (χ4n) is 1.74. The Morgan fingerprint density at radius 1 is 1.39 bits per heavy atom. The lowest BCUT2D eigenvalue weighted by Crippen LogP contribution is -2.42. The molecule has 1 heterocycles. The number of carboxylic acids is 1. The summed E-state index contributed by atoms with van der Waals surface area (Å²) >= 11 is 0. The lowest BCUT2D eigenvalue weighted by atomic mass is 10.2. The molecule has 18 heavy (non-hydrogen) atoms. The molecule has 2 N–H and O–H groups in total. The van der Waals surface area contributed by atoms with Crippen molar-refractivity contribution >= 4 is 21.7 Å². The minimum atomic E-state index is -3.59. The maximum Gasteiger partial charge on any atom is 0.335 e. The average molecular weight is 270 g/mol. The van der Waals surface area contributed by atoms with Gasteiger partial charge < -0.3 is 10.4 Å². The zero-order valence-corrected chi connectivity index (χ0v) is 10.7. The molecule has 1 saturated heterocycles. The summed E-state index contributed by atoms with van der Waals surface area (Å²) in [5, 5.41) is 11.7. The standard InChI is InChI=1S/C11H14N2O4S/c1-12-9-4-3-8(11(14)15)7-10(9)18(16,17)13-5-2-6-13/h3-4,7,12H,2,5-6H2,1H3,(H,14,15). The Kier molecular flexibility index (Phi) is 3.27. The highest BCUT2D eigenvalue weighted by atomic mass is 32.2. The number of anilines is 1. The smallest absolute Gasteiger partial charge is 0.335 e. The van der Waals surface area contributed by atoms with E-state index in [4.69, 9.17) is 5.11 Å². The van der Waals surface area contributed by atoms with E-state index in [0.29, 0.717) is 18.8 Å². The van der Waals surface area contributed by atoms with Crippen LogP contribution in [-0.4, -0.2) is 43.9 Å². The van der Waals surface area contributed by atoms with E-state index in [2.05, 4.69) is 5.32 Å². The number of rotatable bonds is 4. The van der Waals surface area contributed by atoms with E-state index in [1.54, 1.807) is 7.05 Å². The van der Waals surface area contributed by atoms with Crippen LogP contribution in [0.15, 0.2) is 23.1 Å². The van der Waals surface area contributed by atoms with Gasteiger partial charge in [0.05, 0.1) is 11.3 Å². The third-order valence-electron chi connectivity index (χ3n) is 2.93. The van der Waals surface area contributed by atoms with E-state index in [1.165, 1.54) is 22.5 Å². The van der Waals surface area contributed by atoms with Crippen LogP contribution in [0.1, 0.15) is 16.8 Å². The first-order chi connectivity index (χ1) is 8.46. The number of carbonyl (C=O) groups is 1. The molecule has 0 spiro atoms. The molecule has 1 aromatic rings. The number of nitrogens with zero attached hydrogens (tertiary/aromatic N) is 1. The van der Waals surface area contributed by atoms with Gasteiger partial charge in [-0.1, -0.05) is 0 Å². The van der Waals surface area contributed by atoms with Gasteiger partial charge in [-0.2, -0.15) is 4.31 Å². The van der Waals surface area contributed by atoms with Crippen molar-refractivity contribution in [2.75, 3.05) is 25.5 Å². The Hall–Kier alpha value is -1.60. The van der Waals surface area contributed by atoms with Gasteiger partial charge in [-0.25, -0.2) is 13.2 Å². The molecule has 0 radical (unpaired) electrons. The van der Waals surface area contributed by atoms with Crippen molar-refractivity contribution < 1.29 is 18.3 Å². The maximum atomic E-state index is 12.3. The number of hydrogen-bond donors (Lipinski definition) is 2. The molecule has 1 fully saturated rings. The number of nitrogens with one attached hydrogen (secondary N) is 1. The highest BCUT2D eigenvalue weighted by Crippen LogP contribution is 2.28. The Bertz CT molecular complexity index is 579. The van der Waals surface area contributed by atoms with Gasteiger partial charge in [0.15, 0.2) is 0 Å². The lowest BCUT2D eigenvalue weighted by molar-refractivity contribution is 0.0696. The molecule has 7 heteroatoms. The van der Waals surface area contributed by atoms with Gasteiger partial charge >= 0.3 is 5.97 Å². The van der Waals surface area contributed by atoms with Crippen molar-refractivity contribution in [3.05, 3.63) is 23.8 Å². The zero-order valence-electron chi connectivity index (χ0n) is 9.88. The van der Waals surface area contributed by atoms with E-state index in [-0.39, 0.29) is 10.5 Å². The van der Waals surface area contributed by atoms with Gasteiger partial charge in [0, 0.05) is 20.1 Å². The number of carboxylic acid groups (broad SMARTS) is 1. The predicted molar refractivity (Wildman–Crippen MR) is 66.3 cm³/mol. The third-order valence-corrected chi connectivity index (χ3v) is 4.87. The van der Waals surface area contributed by atoms with Gasteiger partial charge in [-0.15, -0.1) is 0 Å². The monoisotopic (exact) mass is 270 g/mol. The minimum Gasteiger partial charge on any atom is -0.478 e. The molecule has 1 aliphatic heterocycles. The van der Waals surface area contributed by atoms with Crippen molar-refractivity contribution in [1.29, 1.82) is 0 Å². The Morgan fingerprint density at radius 3 is 2.50 bits per heavy atom. The fraction of sp³-hybridized carbons (Fsp3) is 0.364. The van der Waals surface area contributed by atoms with E-state index in [0.717, 1.165) is 6.42 Å². The van der Waals surface area contributed by atoms with Crippen molar-refractivity contribution in [3.8, 4) is 0 Å². The molecule has 0 amide bonds. The quantitative estimate of drug-likeness (QED) is 0.846. The van der Waals surface area contributed by atoms with Crippen LogP contribution in [0, 0.1) is 0 Å². The molecule has 0 aliphatic carbocycles. The highest BCUT2D eigenvalue weighted by molar-refractivity contribution is 7.89. The number of benzene rings is 1. The number of hydrogen-bond acceptors (Lipinski definition) is 4. The second-order valence-corrected chi connectivity index (χ2v) is 5.93. The first kappa shape index (κ1) is 12.8. The summed E-state index contributed by atoms with van der Waals surface area (Å²) in [6.45, 7) is 0.978. The van der Waals surface area contributed by atoms with Crippen molar-refractivity contribution in [2.24, 2.45) is 0 Å². The summed E-state index contributed by atoms with van der Waals surface area (Å²) in [7, 11) is -1.99. The van der Waals surface area contributed by atoms with E-state index in [9.17, 15) is 13.2 Å². The Labute approximate surface area is 105 Å². The molecule has 0 aromatic heterocycles. The van der Waals surface area contributed by atoms with Gasteiger partial charge in [0.1, 0.15) is 4.90 Å². The first-order valence-corrected chi connectivity index (χ1v) is 6.96. The largest absolute Gasteiger partial charge is 0.478 e. The van der Waals surface area contributed by atoms with Crippen LogP contribution < -0.4 is 5.32 Å². The first-order valence-electron chi connectivity index (χ1n) is 5.52. The van der Waals surface area contributed by atoms with E-state index >= 15 is 0 Å². The second-order valence-electron chi connectivity index (χ2n) is 4.02. The molecular weight excluding hydrogens is 256 g/mol. The normalized spacial score (nSPS) is 16.1. The van der Waals surface area contributed by atoms with Crippen LogP contribution in [0.25, 0.3) is 0 Å². The number of sulfonamides is 1. The average Bonchev–Trinajstić information content (AvgIpc) is 2.25. The van der Waals surface area contributed by atoms with Gasteiger partial charge in [0.2, 0.25) is 10.0 Å². The summed E-state index contributed by atoms with van der Waals surface area (Å²) in [5.74, 6) is -1.14. The van der Waals surface area contributed by atoms with Crippen LogP contribution >= 0.6 is 0 Å². The van der Waals surface area contributed by atoms with Crippen molar-refractivity contribution in [2.45, 2.75) is 11.3 Å². The third kappa shape index (κ3) is 2.06. The molecule has 98 valence electrons. The fourth-order valence-corrected chi connectivity index (χ4v) is 3.48. The van der Waals surface area contributed by atoms with E-state index in [1.807, 2.05) is 0 Å². The SMILES string of the molecule is CNc1ccc(C(=O)O)cc1S(=O)(=O)N1CCC1. The van der Waals surface area contributed by atoms with Crippen LogP contribution in [0.2, 0.25) is 0 Å². The number of aromatic carboxylic acids is 1. The van der Waals surface area contributed by atoms with E-state index < -0.39 is 16.0 Å². The maximum absolute atomic E-state index is 12.3. The van der Waals surface area contributed by atoms with Gasteiger partial charge in [0.25, 0.3) is 0 Å². The van der Waals surface area contributed by atoms with Crippen molar-refractivity contribution in [1.82, 2.24) is 4.31 Å². The molecule has 1 aliphatic rings. The summed E-state index contributed by atoms with van der Waals surface area (Å²) in [6.07, 6.45) is 0.840. The Balaban J connectivity index is 2.53. The molecular formula is C11H14N2O4S. The molecule has 0 atom stereocenters. The molecule has 0 bridgehead atoms. The highest BCUT2D eigenvalue weighted by Gasteiger charge is 2.31. The summed E-state index contributed by atoms with van der Waals surface area (Å²) in [6, 6.07) is 4.04. The zero-order chi connectivity index (χ0) is 13.3. The van der Waals surface area contributed by atoms with Crippen LogP contribution in [0.3, 0.4) is 0 Å². The van der Waals surface area contributed by atoms with Crippen LogP contribution in [0.5, 0.6) is 0 Å². The summed E-state index contributed by atoms with van der Waals surface area (Å²) in [4.78, 5) is 10.9. The molecule has 0 saturated carbocycles. The van der Waals surface area contributed by atoms with Gasteiger partial charge in [-0.3, -0.25) is 0 Å². The van der Waals surface area contributed by atoms with Crippen LogP contribution in [0.4, 0.5) is 5.69 Å². The Morgan fingerprint density at radius 2 is 2.06 bits per heavy atom. The predicted octanol–water partition coefficient (Wildman–Crippen LogP) is 0.821. The minimum absolute atomic E-state index is 0.0181.